The first-order valence-electron chi connectivity index (χ1n) is 4.69. The van der Waals surface area contributed by atoms with Crippen molar-refractivity contribution in [1.29, 1.82) is 0 Å². The second-order valence-corrected chi connectivity index (χ2v) is 3.49. The van der Waals surface area contributed by atoms with Gasteiger partial charge in [0.1, 0.15) is 5.82 Å². The Hall–Kier alpha value is -1.13. The highest BCUT2D eigenvalue weighted by Gasteiger charge is 2.30. The van der Waals surface area contributed by atoms with Gasteiger partial charge in [-0.15, -0.1) is 0 Å². The van der Waals surface area contributed by atoms with E-state index in [2.05, 4.69) is 11.1 Å². The molecule has 1 aromatic rings. The number of pyridine rings is 1. The van der Waals surface area contributed by atoms with Gasteiger partial charge in [0.2, 0.25) is 0 Å². The van der Waals surface area contributed by atoms with Crippen LogP contribution in [0.3, 0.4) is 0 Å². The summed E-state index contributed by atoms with van der Waals surface area (Å²) in [6, 6.07) is 6.44. The predicted molar refractivity (Wildman–Crippen MR) is 51.9 cm³/mol. The van der Waals surface area contributed by atoms with E-state index >= 15 is 0 Å². The maximum atomic E-state index is 9.47. The molecule has 1 fully saturated rings. The summed E-state index contributed by atoms with van der Waals surface area (Å²) in [6.45, 7) is 0.597. The number of aromatic nitrogens is 1. The highest BCUT2D eigenvalue weighted by Crippen LogP contribution is 2.23. The number of hydrogen-bond acceptors (Lipinski definition) is 4. The minimum atomic E-state index is -0.363. The molecule has 0 aromatic carbocycles. The number of aliphatic hydroxyl groups is 2. The first kappa shape index (κ1) is 9.43. The van der Waals surface area contributed by atoms with Crippen LogP contribution in [-0.4, -0.2) is 40.5 Å². The largest absolute Gasteiger partial charge is 0.394 e. The summed E-state index contributed by atoms with van der Waals surface area (Å²) in [4.78, 5) is 6.07. The molecule has 75 valence electrons. The molecule has 1 aliphatic rings. The maximum Gasteiger partial charge on any atom is 0.128 e. The van der Waals surface area contributed by atoms with Gasteiger partial charge in [0, 0.05) is 18.8 Å². The summed E-state index contributed by atoms with van der Waals surface area (Å²) in [6.07, 6.45) is 1.84. The predicted octanol–water partition coefficient (Wildman–Crippen LogP) is -0.186. The van der Waals surface area contributed by atoms with E-state index in [1.54, 1.807) is 12.3 Å². The van der Waals surface area contributed by atoms with Crippen LogP contribution in [0, 0.1) is 6.07 Å². The molecule has 2 rings (SSSR count). The fourth-order valence-corrected chi connectivity index (χ4v) is 1.83. The summed E-state index contributed by atoms with van der Waals surface area (Å²) in [5, 5.41) is 18.6. The lowest BCUT2D eigenvalue weighted by atomic mass is 10.2. The van der Waals surface area contributed by atoms with Crippen molar-refractivity contribution < 1.29 is 10.2 Å². The molecule has 2 unspecified atom stereocenters. The summed E-state index contributed by atoms with van der Waals surface area (Å²) in [7, 11) is 0. The Morgan fingerprint density at radius 2 is 2.50 bits per heavy atom. The van der Waals surface area contributed by atoms with E-state index in [-0.39, 0.29) is 18.8 Å². The zero-order valence-electron chi connectivity index (χ0n) is 7.80. The van der Waals surface area contributed by atoms with Crippen molar-refractivity contribution in [2.75, 3.05) is 18.1 Å². The van der Waals surface area contributed by atoms with Gasteiger partial charge >= 0.3 is 0 Å². The van der Waals surface area contributed by atoms with Gasteiger partial charge < -0.3 is 15.1 Å². The fourth-order valence-electron chi connectivity index (χ4n) is 1.83. The average Bonchev–Trinajstić information content (AvgIpc) is 2.61. The molecule has 0 bridgehead atoms. The molecule has 0 saturated carbocycles. The molecule has 4 heteroatoms. The van der Waals surface area contributed by atoms with Crippen molar-refractivity contribution >= 4 is 5.82 Å². The van der Waals surface area contributed by atoms with Gasteiger partial charge in [0.15, 0.2) is 0 Å². The Balaban J connectivity index is 2.18. The minimum absolute atomic E-state index is 0.0140. The highest BCUT2D eigenvalue weighted by molar-refractivity contribution is 5.41. The molecule has 1 aromatic heterocycles. The number of anilines is 1. The first-order valence-corrected chi connectivity index (χ1v) is 4.69. The average molecular weight is 193 g/mol. The Labute approximate surface area is 82.8 Å². The van der Waals surface area contributed by atoms with Crippen molar-refractivity contribution in [3.63, 3.8) is 0 Å². The molecule has 1 aliphatic heterocycles. The van der Waals surface area contributed by atoms with Crippen LogP contribution in [0.25, 0.3) is 0 Å². The smallest absolute Gasteiger partial charge is 0.128 e. The van der Waals surface area contributed by atoms with Crippen molar-refractivity contribution in [3.8, 4) is 0 Å². The number of β-amino-alcohol motifs (C(OH)–C–C–N with tert-alkyl or cyclic N) is 1. The van der Waals surface area contributed by atoms with E-state index in [9.17, 15) is 5.11 Å². The van der Waals surface area contributed by atoms with E-state index < -0.39 is 0 Å². The molecular formula is C10H13N2O2. The highest BCUT2D eigenvalue weighted by atomic mass is 16.3. The second kappa shape index (κ2) is 3.94. The van der Waals surface area contributed by atoms with Crippen LogP contribution < -0.4 is 4.90 Å². The van der Waals surface area contributed by atoms with Gasteiger partial charge in [-0.05, 0) is 18.6 Å². The monoisotopic (exact) mass is 193 g/mol. The SMILES string of the molecule is OCC1CC(O)CN1c1cc[c]cn1. The normalized spacial score (nSPS) is 26.9. The third-order valence-corrected chi connectivity index (χ3v) is 2.50. The molecule has 0 amide bonds. The van der Waals surface area contributed by atoms with E-state index in [0.717, 1.165) is 5.82 Å². The standard InChI is InChI=1S/C10H13N2O2/c13-7-8-5-9(14)6-12(8)10-3-1-2-4-11-10/h1,3-4,8-9,13-14H,5-7H2. The van der Waals surface area contributed by atoms with Crippen LogP contribution in [-0.2, 0) is 0 Å². The van der Waals surface area contributed by atoms with E-state index in [1.807, 2.05) is 11.0 Å². The van der Waals surface area contributed by atoms with Gasteiger partial charge in [0.05, 0.1) is 18.8 Å². The molecule has 0 aliphatic carbocycles. The van der Waals surface area contributed by atoms with Gasteiger partial charge in [-0.25, -0.2) is 4.98 Å². The molecular weight excluding hydrogens is 180 g/mol. The molecule has 1 saturated heterocycles. The first-order chi connectivity index (χ1) is 6.81. The van der Waals surface area contributed by atoms with E-state index in [1.165, 1.54) is 0 Å². The van der Waals surface area contributed by atoms with Crippen LogP contribution in [0.15, 0.2) is 18.3 Å². The second-order valence-electron chi connectivity index (χ2n) is 3.49. The molecule has 2 N–H and O–H groups in total. The van der Waals surface area contributed by atoms with Gasteiger partial charge in [-0.1, -0.05) is 0 Å². The molecule has 1 radical (unpaired) electrons. The number of nitrogens with zero attached hydrogens (tertiary/aromatic N) is 2. The van der Waals surface area contributed by atoms with Gasteiger partial charge in [-0.3, -0.25) is 0 Å². The lowest BCUT2D eigenvalue weighted by molar-refractivity contribution is 0.184. The molecule has 2 atom stereocenters. The fraction of sp³-hybridized carbons (Fsp3) is 0.500. The zero-order valence-corrected chi connectivity index (χ0v) is 7.80. The van der Waals surface area contributed by atoms with E-state index in [4.69, 9.17) is 5.11 Å². The van der Waals surface area contributed by atoms with Crippen molar-refractivity contribution in [2.24, 2.45) is 0 Å². The third-order valence-electron chi connectivity index (χ3n) is 2.50. The van der Waals surface area contributed by atoms with Crippen LogP contribution in [0.1, 0.15) is 6.42 Å². The van der Waals surface area contributed by atoms with E-state index in [0.29, 0.717) is 13.0 Å². The van der Waals surface area contributed by atoms with Crippen LogP contribution in [0.5, 0.6) is 0 Å². The summed E-state index contributed by atoms with van der Waals surface area (Å²) in [5.41, 5.74) is 0. The molecule has 14 heavy (non-hydrogen) atoms. The Morgan fingerprint density at radius 3 is 3.14 bits per heavy atom. The Bertz CT molecular complexity index is 291. The van der Waals surface area contributed by atoms with Gasteiger partial charge in [-0.2, -0.15) is 0 Å². The Kier molecular flexibility index (Phi) is 2.65. The zero-order chi connectivity index (χ0) is 9.97. The van der Waals surface area contributed by atoms with Crippen molar-refractivity contribution in [2.45, 2.75) is 18.6 Å². The number of hydrogen-bond donors (Lipinski definition) is 2. The van der Waals surface area contributed by atoms with Gasteiger partial charge in [0.25, 0.3) is 0 Å². The third kappa shape index (κ3) is 1.71. The maximum absolute atomic E-state index is 9.47. The van der Waals surface area contributed by atoms with Crippen LogP contribution in [0.4, 0.5) is 5.82 Å². The molecule has 2 heterocycles. The number of rotatable bonds is 2. The van der Waals surface area contributed by atoms with Crippen LogP contribution in [0.2, 0.25) is 0 Å². The minimum Gasteiger partial charge on any atom is -0.394 e. The summed E-state index contributed by atoms with van der Waals surface area (Å²) >= 11 is 0. The van der Waals surface area contributed by atoms with Crippen LogP contribution >= 0.6 is 0 Å². The topological polar surface area (TPSA) is 56.6 Å². The quantitative estimate of drug-likeness (QED) is 0.683. The lowest BCUT2D eigenvalue weighted by Crippen LogP contribution is -2.32. The molecule has 0 spiro atoms. The number of aliphatic hydroxyl groups excluding tert-OH is 2. The molecule has 4 nitrogen and oxygen atoms in total. The van der Waals surface area contributed by atoms with Crippen molar-refractivity contribution in [3.05, 3.63) is 24.4 Å². The summed E-state index contributed by atoms with van der Waals surface area (Å²) in [5.74, 6) is 0.791. The lowest BCUT2D eigenvalue weighted by Gasteiger charge is -2.23. The van der Waals surface area contributed by atoms with Crippen molar-refractivity contribution in [1.82, 2.24) is 4.98 Å². The summed E-state index contributed by atoms with van der Waals surface area (Å²) < 4.78 is 0. The Morgan fingerprint density at radius 1 is 1.64 bits per heavy atom.